The molecule has 2 aromatic rings. The lowest BCUT2D eigenvalue weighted by Crippen LogP contribution is -1.85. The van der Waals surface area contributed by atoms with Gasteiger partial charge in [-0.3, -0.25) is 0 Å². The first-order valence-electron chi connectivity index (χ1n) is 12.9. The Morgan fingerprint density at radius 3 is 0.511 bits per heavy atom. The fourth-order valence-electron chi connectivity index (χ4n) is 1.11. The van der Waals surface area contributed by atoms with E-state index >= 15 is 0 Å². The van der Waals surface area contributed by atoms with E-state index in [9.17, 15) is 0 Å². The molecule has 0 fully saturated rings. The summed E-state index contributed by atoms with van der Waals surface area (Å²) in [6, 6.07) is 19.5. The zero-order chi connectivity index (χ0) is 42.3. The van der Waals surface area contributed by atoms with Crippen LogP contribution in [0.2, 0.25) is 0 Å². The number of para-hydroxylation sites is 2. The maximum Gasteiger partial charge on any atom is 0.127 e. The molecular weight excluding hydrogens is 576 g/mol. The van der Waals surface area contributed by atoms with Gasteiger partial charge in [-0.05, 0) is 24.3 Å². The molecule has 0 heterocycles. The van der Waals surface area contributed by atoms with Crippen molar-refractivity contribution in [1.29, 1.82) is 0 Å². The second-order valence-corrected chi connectivity index (χ2v) is 3.18. The van der Waals surface area contributed by atoms with Crippen molar-refractivity contribution in [2.75, 3.05) is 13.2 Å². The molecule has 47 heavy (non-hydrogen) atoms. The van der Waals surface area contributed by atoms with Gasteiger partial charge in [0.05, 0.1) is 13.2 Å². The van der Waals surface area contributed by atoms with Gasteiger partial charge < -0.3 is 14.9 Å². The zero-order valence-corrected chi connectivity index (χ0v) is 30.7. The molecule has 0 spiro atoms. The summed E-state index contributed by atoms with van der Waals surface area (Å²) in [5.41, 5.74) is 0. The minimum absolute atomic E-state index is 0.125. The number of hydrogen-bond donors (Lipinski definition) is 2. The van der Waals surface area contributed by atoms with E-state index in [0.29, 0.717) is 0 Å². The van der Waals surface area contributed by atoms with Crippen LogP contribution >= 0.6 is 0 Å². The molecule has 0 aliphatic heterocycles. The smallest absolute Gasteiger partial charge is 0.127 e. The molecule has 0 aliphatic rings. The highest BCUT2D eigenvalue weighted by atomic mass is 16.5. The predicted octanol–water partition coefficient (Wildman–Crippen LogP) is 14.5. The summed E-state index contributed by atoms with van der Waals surface area (Å²) in [6.45, 7) is 89.8. The highest BCUT2D eigenvalue weighted by Gasteiger charge is 1.92. The van der Waals surface area contributed by atoms with Crippen molar-refractivity contribution >= 4 is 0 Å². The average molecular weight is 653 g/mol. The molecule has 270 valence electrons. The van der Waals surface area contributed by atoms with Crippen LogP contribution in [-0.2, 0) is 0 Å². The predicted molar refractivity (Wildman–Crippen MR) is 236 cm³/mol. The maximum atomic E-state index is 7.62. The second-order valence-electron chi connectivity index (χ2n) is 3.18. The Morgan fingerprint density at radius 1 is 0.277 bits per heavy atom. The van der Waals surface area contributed by atoms with E-state index in [0.717, 1.165) is 11.5 Å². The first-order valence-corrected chi connectivity index (χ1v) is 12.9. The van der Waals surface area contributed by atoms with E-state index in [-0.39, 0.29) is 13.2 Å². The minimum Gasteiger partial charge on any atom is -0.457 e. The topological polar surface area (TPSA) is 49.7 Å². The average Bonchev–Trinajstić information content (AvgIpc) is 3.27. The molecule has 0 unspecified atom stereocenters. The molecule has 2 rings (SSSR count). The number of aliphatic hydroxyl groups is 2. The van der Waals surface area contributed by atoms with Crippen molar-refractivity contribution in [3.8, 4) is 11.5 Å². The first-order chi connectivity index (χ1) is 23.4. The monoisotopic (exact) mass is 653 g/mol. The highest BCUT2D eigenvalue weighted by molar-refractivity contribution is 5.30. The number of hydrogen-bond acceptors (Lipinski definition) is 3. The Morgan fingerprint density at radius 2 is 0.404 bits per heavy atom. The fraction of sp³-hybridized carbons (Fsp3) is 0.0455. The van der Waals surface area contributed by atoms with Crippen LogP contribution in [0, 0.1) is 0 Å². The Labute approximate surface area is 297 Å². The van der Waals surface area contributed by atoms with Gasteiger partial charge in [0.15, 0.2) is 0 Å². The minimum atomic E-state index is -0.125. The summed E-state index contributed by atoms with van der Waals surface area (Å²) in [6.07, 6.45) is 0. The van der Waals surface area contributed by atoms with E-state index < -0.39 is 0 Å². The highest BCUT2D eigenvalue weighted by Crippen LogP contribution is 2.19. The standard InChI is InChI=1S/C12H10O.C2H6O2.15C2H4/c1-3-7-11(8-4-1)13-12-9-5-2-6-10-12;3-1-2-4;15*1-2/h1-10H;3-4H,1-2H2;15*1-2H2. The summed E-state index contributed by atoms with van der Waals surface area (Å²) in [5.74, 6) is 1.74. The summed E-state index contributed by atoms with van der Waals surface area (Å²) in [7, 11) is 0. The van der Waals surface area contributed by atoms with Crippen LogP contribution in [0.5, 0.6) is 11.5 Å². The molecule has 0 amide bonds. The van der Waals surface area contributed by atoms with Crippen molar-refractivity contribution in [2.24, 2.45) is 0 Å². The normalized spacial score (nSPS) is 4.55. The van der Waals surface area contributed by atoms with Crippen LogP contribution < -0.4 is 4.74 Å². The molecule has 3 heteroatoms. The lowest BCUT2D eigenvalue weighted by atomic mass is 10.3. The third-order valence-electron chi connectivity index (χ3n) is 1.82. The van der Waals surface area contributed by atoms with Crippen molar-refractivity contribution in [1.82, 2.24) is 0 Å². The van der Waals surface area contributed by atoms with Gasteiger partial charge in [-0.2, -0.15) is 0 Å². The van der Waals surface area contributed by atoms with Gasteiger partial charge in [-0.1, -0.05) is 36.4 Å². The van der Waals surface area contributed by atoms with E-state index in [2.05, 4.69) is 197 Å². The van der Waals surface area contributed by atoms with E-state index in [1.807, 2.05) is 60.7 Å². The second kappa shape index (κ2) is 353. The quantitative estimate of drug-likeness (QED) is 0.324. The summed E-state index contributed by atoms with van der Waals surface area (Å²) in [4.78, 5) is 0. The van der Waals surface area contributed by atoms with Crippen molar-refractivity contribution in [2.45, 2.75) is 0 Å². The molecule has 0 aromatic heterocycles. The summed E-state index contributed by atoms with van der Waals surface area (Å²) in [5, 5.41) is 15.2. The molecule has 0 aliphatic carbocycles. The first kappa shape index (κ1) is 97.0. The van der Waals surface area contributed by atoms with Gasteiger partial charge in [-0.25, -0.2) is 0 Å². The molecule has 0 atom stereocenters. The van der Waals surface area contributed by atoms with Crippen molar-refractivity contribution in [3.05, 3.63) is 258 Å². The Kier molecular flexibility index (Phi) is 728. The van der Waals surface area contributed by atoms with Crippen LogP contribution in [0.1, 0.15) is 0 Å². The number of benzene rings is 2. The molecule has 0 saturated carbocycles. The van der Waals surface area contributed by atoms with E-state index in [4.69, 9.17) is 14.9 Å². The fourth-order valence-corrected chi connectivity index (χ4v) is 1.11. The van der Waals surface area contributed by atoms with Gasteiger partial charge in [0, 0.05) is 0 Å². The Balaban J connectivity index is -0.0000000201. The number of rotatable bonds is 3. The van der Waals surface area contributed by atoms with Gasteiger partial charge in [0.25, 0.3) is 0 Å². The van der Waals surface area contributed by atoms with Gasteiger partial charge in [0.2, 0.25) is 0 Å². The number of aliphatic hydroxyl groups excluding tert-OH is 2. The van der Waals surface area contributed by atoms with Gasteiger partial charge in [0.1, 0.15) is 11.5 Å². The molecule has 2 aromatic carbocycles. The van der Waals surface area contributed by atoms with Crippen LogP contribution in [0.25, 0.3) is 0 Å². The van der Waals surface area contributed by atoms with Crippen LogP contribution in [0.3, 0.4) is 0 Å². The SMILES string of the molecule is C=C.C=C.C=C.C=C.C=C.C=C.C=C.C=C.C=C.C=C.C=C.C=C.C=C.C=C.C=C.OCCO.c1ccc(Oc2ccccc2)cc1. The number of ether oxygens (including phenoxy) is 1. The molecule has 0 radical (unpaired) electrons. The molecule has 0 saturated heterocycles. The van der Waals surface area contributed by atoms with Crippen LogP contribution in [0.4, 0.5) is 0 Å². The van der Waals surface area contributed by atoms with Crippen LogP contribution in [-0.4, -0.2) is 23.4 Å². The molecule has 0 bridgehead atoms. The summed E-state index contributed by atoms with van der Waals surface area (Å²) < 4.78 is 5.58. The maximum absolute atomic E-state index is 7.62. The lowest BCUT2D eigenvalue weighted by Gasteiger charge is -2.03. The third kappa shape index (κ3) is 253. The molecule has 2 N–H and O–H groups in total. The largest absolute Gasteiger partial charge is 0.457 e. The molecular formula is C44H76O3. The Hall–Kier alpha value is -5.74. The lowest BCUT2D eigenvalue weighted by molar-refractivity contribution is 0.186. The van der Waals surface area contributed by atoms with E-state index in [1.165, 1.54) is 0 Å². The zero-order valence-electron chi connectivity index (χ0n) is 30.7. The van der Waals surface area contributed by atoms with E-state index in [1.54, 1.807) is 0 Å². The Bertz CT molecular complexity index is 504. The van der Waals surface area contributed by atoms with Gasteiger partial charge >= 0.3 is 0 Å². The van der Waals surface area contributed by atoms with Crippen molar-refractivity contribution < 1.29 is 14.9 Å². The third-order valence-corrected chi connectivity index (χ3v) is 1.82. The van der Waals surface area contributed by atoms with Gasteiger partial charge in [-0.15, -0.1) is 197 Å². The molecule has 3 nitrogen and oxygen atoms in total. The summed E-state index contributed by atoms with van der Waals surface area (Å²) >= 11 is 0. The van der Waals surface area contributed by atoms with Crippen LogP contribution in [0.15, 0.2) is 258 Å². The van der Waals surface area contributed by atoms with Crippen molar-refractivity contribution in [3.63, 3.8) is 0 Å².